The summed E-state index contributed by atoms with van der Waals surface area (Å²) in [5.41, 5.74) is 4.62. The lowest BCUT2D eigenvalue weighted by Crippen LogP contribution is -2.42. The van der Waals surface area contributed by atoms with Crippen molar-refractivity contribution in [3.05, 3.63) is 89.9 Å². The summed E-state index contributed by atoms with van der Waals surface area (Å²) in [5, 5.41) is 13.0. The summed E-state index contributed by atoms with van der Waals surface area (Å²) in [6.45, 7) is 5.34. The van der Waals surface area contributed by atoms with Crippen molar-refractivity contribution >= 4 is 29.1 Å². The number of aliphatic carboxylic acids is 1. The zero-order chi connectivity index (χ0) is 27.7. The monoisotopic (exact) mass is 527 g/mol. The van der Waals surface area contributed by atoms with Gasteiger partial charge in [-0.3, -0.25) is 9.55 Å². The second-order valence-electron chi connectivity index (χ2n) is 10.5. The molecular formula is C30H29N3O6. The molecule has 1 atom stereocenters. The van der Waals surface area contributed by atoms with E-state index in [-0.39, 0.29) is 18.9 Å². The normalized spacial score (nSPS) is 13.4. The van der Waals surface area contributed by atoms with Crippen molar-refractivity contribution in [3.8, 4) is 11.1 Å². The largest absolute Gasteiger partial charge is 0.480 e. The fourth-order valence-electron chi connectivity index (χ4n) is 4.97. The lowest BCUT2D eigenvalue weighted by Gasteiger charge is -2.19. The van der Waals surface area contributed by atoms with E-state index in [2.05, 4.69) is 10.3 Å². The zero-order valence-electron chi connectivity index (χ0n) is 21.9. The maximum atomic E-state index is 12.8. The van der Waals surface area contributed by atoms with E-state index in [4.69, 9.17) is 9.47 Å². The van der Waals surface area contributed by atoms with E-state index in [1.807, 2.05) is 48.5 Å². The highest BCUT2D eigenvalue weighted by Crippen LogP contribution is 2.44. The first kappa shape index (κ1) is 26.0. The van der Waals surface area contributed by atoms with E-state index in [0.29, 0.717) is 16.5 Å². The van der Waals surface area contributed by atoms with Crippen molar-refractivity contribution in [2.45, 2.75) is 44.8 Å². The molecule has 2 aromatic heterocycles. The summed E-state index contributed by atoms with van der Waals surface area (Å²) in [5.74, 6) is -1.37. The van der Waals surface area contributed by atoms with E-state index < -0.39 is 29.8 Å². The first-order valence-electron chi connectivity index (χ1n) is 12.6. The Morgan fingerprint density at radius 2 is 1.67 bits per heavy atom. The molecule has 0 radical (unpaired) electrons. The van der Waals surface area contributed by atoms with Gasteiger partial charge in [0, 0.05) is 30.1 Å². The minimum atomic E-state index is -1.29. The summed E-state index contributed by atoms with van der Waals surface area (Å²) in [7, 11) is 0. The maximum absolute atomic E-state index is 12.8. The lowest BCUT2D eigenvalue weighted by atomic mass is 9.98. The molecule has 0 saturated carbocycles. The summed E-state index contributed by atoms with van der Waals surface area (Å²) in [4.78, 5) is 41.8. The molecule has 1 amide bonds. The number of pyridine rings is 1. The molecule has 5 rings (SSSR count). The van der Waals surface area contributed by atoms with E-state index in [0.717, 1.165) is 22.3 Å². The van der Waals surface area contributed by atoms with Crippen LogP contribution >= 0.6 is 0 Å². The molecule has 2 N–H and O–H groups in total. The Hall–Kier alpha value is -4.66. The molecule has 0 aliphatic heterocycles. The Morgan fingerprint density at radius 3 is 2.28 bits per heavy atom. The van der Waals surface area contributed by atoms with E-state index in [9.17, 15) is 19.5 Å². The molecule has 1 aliphatic carbocycles. The third-order valence-corrected chi connectivity index (χ3v) is 6.64. The molecule has 0 saturated heterocycles. The summed E-state index contributed by atoms with van der Waals surface area (Å²) in [6, 6.07) is 16.3. The molecule has 2 heterocycles. The number of amides is 1. The fraction of sp³-hybridized carbons (Fsp3) is 0.267. The van der Waals surface area contributed by atoms with Crippen LogP contribution in [0.2, 0.25) is 0 Å². The van der Waals surface area contributed by atoms with Crippen LogP contribution in [-0.4, -0.2) is 51.1 Å². The predicted molar refractivity (Wildman–Crippen MR) is 145 cm³/mol. The van der Waals surface area contributed by atoms with Crippen LogP contribution in [0, 0.1) is 0 Å². The molecule has 0 spiro atoms. The highest BCUT2D eigenvalue weighted by molar-refractivity contribution is 5.92. The number of carboxylic acids is 1. The number of benzene rings is 2. The Labute approximate surface area is 225 Å². The number of fused-ring (bicyclic) bond motifs is 4. The van der Waals surface area contributed by atoms with Crippen LogP contribution in [0.25, 0.3) is 22.0 Å². The highest BCUT2D eigenvalue weighted by Gasteiger charge is 2.30. The van der Waals surface area contributed by atoms with E-state index in [1.54, 1.807) is 33.0 Å². The van der Waals surface area contributed by atoms with Crippen LogP contribution in [0.1, 0.15) is 43.4 Å². The number of carbonyl (C=O) groups excluding carboxylic acids is 2. The number of carbonyl (C=O) groups is 3. The minimum Gasteiger partial charge on any atom is -0.480 e. The Balaban J connectivity index is 1.31. The zero-order valence-corrected chi connectivity index (χ0v) is 21.9. The van der Waals surface area contributed by atoms with Crippen molar-refractivity contribution in [2.24, 2.45) is 0 Å². The van der Waals surface area contributed by atoms with Crippen molar-refractivity contribution in [2.75, 3.05) is 6.61 Å². The van der Waals surface area contributed by atoms with Crippen LogP contribution in [0.15, 0.2) is 73.2 Å². The molecule has 0 unspecified atom stereocenters. The smallest absolute Gasteiger partial charge is 0.419 e. The van der Waals surface area contributed by atoms with Crippen LogP contribution < -0.4 is 5.32 Å². The van der Waals surface area contributed by atoms with Gasteiger partial charge in [0.1, 0.15) is 18.2 Å². The van der Waals surface area contributed by atoms with Crippen molar-refractivity contribution < 1.29 is 29.0 Å². The molecule has 0 fully saturated rings. The number of nitrogens with one attached hydrogen (secondary N) is 1. The molecule has 39 heavy (non-hydrogen) atoms. The quantitative estimate of drug-likeness (QED) is 0.347. The molecule has 200 valence electrons. The summed E-state index contributed by atoms with van der Waals surface area (Å²) >= 11 is 0. The van der Waals surface area contributed by atoms with Crippen molar-refractivity contribution in [1.82, 2.24) is 14.9 Å². The van der Waals surface area contributed by atoms with Gasteiger partial charge >= 0.3 is 18.2 Å². The summed E-state index contributed by atoms with van der Waals surface area (Å²) < 4.78 is 12.3. The molecule has 9 nitrogen and oxygen atoms in total. The van der Waals surface area contributed by atoms with Crippen LogP contribution in [0.5, 0.6) is 0 Å². The van der Waals surface area contributed by atoms with Crippen LogP contribution in [0.4, 0.5) is 9.59 Å². The number of hydrogen-bond donors (Lipinski definition) is 2. The Kier molecular flexibility index (Phi) is 6.82. The number of hydrogen-bond acceptors (Lipinski definition) is 6. The van der Waals surface area contributed by atoms with Gasteiger partial charge in [-0.05, 0) is 54.7 Å². The fourth-order valence-corrected chi connectivity index (χ4v) is 4.97. The van der Waals surface area contributed by atoms with Gasteiger partial charge in [-0.15, -0.1) is 0 Å². The average molecular weight is 528 g/mol. The number of aromatic nitrogens is 2. The highest BCUT2D eigenvalue weighted by atomic mass is 16.6. The Morgan fingerprint density at radius 1 is 1.03 bits per heavy atom. The SMILES string of the molecule is CC(C)(C)OC(=O)n1cc(C[C@@H](NC(=O)OCC2c3ccccc3-c3ccccc32)C(=O)O)c2ccncc21. The van der Waals surface area contributed by atoms with Gasteiger partial charge in [-0.25, -0.2) is 14.4 Å². The molecule has 9 heteroatoms. The van der Waals surface area contributed by atoms with Gasteiger partial charge in [0.2, 0.25) is 0 Å². The van der Waals surface area contributed by atoms with Gasteiger partial charge in [0.15, 0.2) is 0 Å². The first-order valence-corrected chi connectivity index (χ1v) is 12.6. The first-order chi connectivity index (χ1) is 18.6. The third kappa shape index (κ3) is 5.34. The number of ether oxygens (including phenoxy) is 2. The lowest BCUT2D eigenvalue weighted by molar-refractivity contribution is -0.139. The van der Waals surface area contributed by atoms with Gasteiger partial charge in [0.25, 0.3) is 0 Å². The minimum absolute atomic E-state index is 0.0653. The maximum Gasteiger partial charge on any atom is 0.419 e. The molecule has 4 aromatic rings. The number of nitrogens with zero attached hydrogens (tertiary/aromatic N) is 2. The van der Waals surface area contributed by atoms with Crippen LogP contribution in [-0.2, 0) is 20.7 Å². The summed E-state index contributed by atoms with van der Waals surface area (Å²) in [6.07, 6.45) is 3.08. The number of carboxylic acid groups (broad SMARTS) is 1. The number of alkyl carbamates (subject to hydrolysis) is 1. The standard InChI is InChI=1S/C30H29N3O6/c1-30(2,3)39-29(37)33-16-18(19-12-13-31-15-26(19)33)14-25(27(34)35)32-28(36)38-17-24-22-10-6-4-8-20(22)21-9-5-7-11-23(21)24/h4-13,15-16,24-25H,14,17H2,1-3H3,(H,32,36)(H,34,35)/t25-/m1/s1. The van der Waals surface area contributed by atoms with Gasteiger partial charge in [0.05, 0.1) is 11.7 Å². The topological polar surface area (TPSA) is 120 Å². The van der Waals surface area contributed by atoms with Gasteiger partial charge in [-0.1, -0.05) is 48.5 Å². The predicted octanol–water partition coefficient (Wildman–Crippen LogP) is 5.35. The molecule has 2 aromatic carbocycles. The Bertz CT molecular complexity index is 1520. The van der Waals surface area contributed by atoms with Gasteiger partial charge < -0.3 is 19.9 Å². The third-order valence-electron chi connectivity index (χ3n) is 6.64. The number of rotatable bonds is 6. The second-order valence-corrected chi connectivity index (χ2v) is 10.5. The average Bonchev–Trinajstić information content (AvgIpc) is 3.42. The van der Waals surface area contributed by atoms with Gasteiger partial charge in [-0.2, -0.15) is 0 Å². The molecule has 1 aliphatic rings. The molecule has 0 bridgehead atoms. The molecular weight excluding hydrogens is 498 g/mol. The van der Waals surface area contributed by atoms with Crippen LogP contribution in [0.3, 0.4) is 0 Å². The second kappa shape index (κ2) is 10.2. The van der Waals surface area contributed by atoms with Crippen molar-refractivity contribution in [1.29, 1.82) is 0 Å². The van der Waals surface area contributed by atoms with E-state index >= 15 is 0 Å². The van der Waals surface area contributed by atoms with Crippen molar-refractivity contribution in [3.63, 3.8) is 0 Å². The van der Waals surface area contributed by atoms with E-state index in [1.165, 1.54) is 17.0 Å².